The summed E-state index contributed by atoms with van der Waals surface area (Å²) in [6, 6.07) is 5.55. The minimum atomic E-state index is 0.0120. The Morgan fingerprint density at radius 3 is 2.95 bits per heavy atom. The molecule has 0 saturated heterocycles. The summed E-state index contributed by atoms with van der Waals surface area (Å²) in [5.41, 5.74) is 1.41. The molecule has 1 saturated carbocycles. The molecule has 0 amide bonds. The summed E-state index contributed by atoms with van der Waals surface area (Å²) in [4.78, 5) is 11.6. The van der Waals surface area contributed by atoms with E-state index >= 15 is 0 Å². The maximum atomic E-state index is 11.6. The average molecular weight is 336 g/mol. The van der Waals surface area contributed by atoms with Crippen molar-refractivity contribution in [2.75, 3.05) is 5.32 Å². The molecule has 0 aliphatic heterocycles. The van der Waals surface area contributed by atoms with Crippen LogP contribution in [0, 0.1) is 0 Å². The van der Waals surface area contributed by atoms with Gasteiger partial charge in [0.15, 0.2) is 5.78 Å². The molecule has 0 spiro atoms. The van der Waals surface area contributed by atoms with Crippen molar-refractivity contribution in [3.8, 4) is 0 Å². The van der Waals surface area contributed by atoms with E-state index < -0.39 is 0 Å². The van der Waals surface area contributed by atoms with Gasteiger partial charge < -0.3 is 9.73 Å². The van der Waals surface area contributed by atoms with Crippen molar-refractivity contribution in [3.05, 3.63) is 40.0 Å². The molecule has 20 heavy (non-hydrogen) atoms. The number of anilines is 1. The van der Waals surface area contributed by atoms with E-state index in [1.54, 1.807) is 13.0 Å². The van der Waals surface area contributed by atoms with Crippen LogP contribution < -0.4 is 5.32 Å². The van der Waals surface area contributed by atoms with E-state index in [0.717, 1.165) is 28.9 Å². The number of halogens is 1. The van der Waals surface area contributed by atoms with Crippen molar-refractivity contribution in [2.24, 2.45) is 0 Å². The second kappa shape index (κ2) is 5.36. The minimum absolute atomic E-state index is 0.0120. The second-order valence-corrected chi connectivity index (χ2v) is 5.82. The Morgan fingerprint density at radius 1 is 1.45 bits per heavy atom. The molecule has 0 atom stereocenters. The standard InChI is InChI=1S/C14H14BrN3O2/c1-8(19)11-6-10(15)4-5-12(11)16-7-13-17-18-14(20-13)9-2-3-9/h4-6,9,16H,2-3,7H2,1H3. The van der Waals surface area contributed by atoms with Gasteiger partial charge in [0.2, 0.25) is 11.8 Å². The lowest BCUT2D eigenvalue weighted by molar-refractivity contribution is 0.101. The molecule has 1 heterocycles. The molecule has 3 rings (SSSR count). The van der Waals surface area contributed by atoms with Crippen LogP contribution in [0.4, 0.5) is 5.69 Å². The maximum Gasteiger partial charge on any atom is 0.235 e. The molecular weight excluding hydrogens is 322 g/mol. The zero-order chi connectivity index (χ0) is 14.1. The van der Waals surface area contributed by atoms with Crippen molar-refractivity contribution >= 4 is 27.4 Å². The third-order valence-electron chi connectivity index (χ3n) is 3.20. The summed E-state index contributed by atoms with van der Waals surface area (Å²) in [5.74, 6) is 1.74. The van der Waals surface area contributed by atoms with E-state index in [0.29, 0.717) is 23.9 Å². The maximum absolute atomic E-state index is 11.6. The van der Waals surface area contributed by atoms with Crippen molar-refractivity contribution in [3.63, 3.8) is 0 Å². The zero-order valence-electron chi connectivity index (χ0n) is 11.0. The van der Waals surface area contributed by atoms with Crippen LogP contribution in [0.5, 0.6) is 0 Å². The number of rotatable bonds is 5. The number of hydrogen-bond acceptors (Lipinski definition) is 5. The summed E-state index contributed by atoms with van der Waals surface area (Å²) < 4.78 is 6.45. The normalized spacial score (nSPS) is 14.3. The number of benzene rings is 1. The molecule has 1 aliphatic carbocycles. The number of ketones is 1. The Labute approximate surface area is 124 Å². The van der Waals surface area contributed by atoms with Gasteiger partial charge in [-0.25, -0.2) is 0 Å². The van der Waals surface area contributed by atoms with E-state index in [-0.39, 0.29) is 5.78 Å². The molecule has 6 heteroatoms. The summed E-state index contributed by atoms with van der Waals surface area (Å²) in [6.07, 6.45) is 2.27. The number of Topliss-reactive ketones (excluding diaryl/α,β-unsaturated/α-hetero) is 1. The van der Waals surface area contributed by atoms with E-state index in [1.165, 1.54) is 0 Å². The number of hydrogen-bond donors (Lipinski definition) is 1. The third-order valence-corrected chi connectivity index (χ3v) is 3.69. The first-order chi connectivity index (χ1) is 9.63. The van der Waals surface area contributed by atoms with Crippen LogP contribution >= 0.6 is 15.9 Å². The molecular formula is C14H14BrN3O2. The van der Waals surface area contributed by atoms with Gasteiger partial charge in [0, 0.05) is 21.6 Å². The van der Waals surface area contributed by atoms with E-state index in [1.807, 2.05) is 12.1 Å². The molecule has 1 aliphatic rings. The van der Waals surface area contributed by atoms with Gasteiger partial charge in [-0.3, -0.25) is 4.79 Å². The van der Waals surface area contributed by atoms with Crippen LogP contribution in [0.1, 0.15) is 47.8 Å². The van der Waals surface area contributed by atoms with Crippen LogP contribution in [-0.2, 0) is 6.54 Å². The number of aromatic nitrogens is 2. The second-order valence-electron chi connectivity index (χ2n) is 4.91. The summed E-state index contributed by atoms with van der Waals surface area (Å²) in [7, 11) is 0. The van der Waals surface area contributed by atoms with Gasteiger partial charge in [0.25, 0.3) is 0 Å². The first kappa shape index (κ1) is 13.3. The monoisotopic (exact) mass is 335 g/mol. The average Bonchev–Trinajstić information content (AvgIpc) is 3.17. The fourth-order valence-corrected chi connectivity index (χ4v) is 2.33. The Morgan fingerprint density at radius 2 is 2.25 bits per heavy atom. The lowest BCUT2D eigenvalue weighted by Gasteiger charge is -2.08. The van der Waals surface area contributed by atoms with Gasteiger partial charge in [-0.2, -0.15) is 0 Å². The van der Waals surface area contributed by atoms with Gasteiger partial charge in [-0.05, 0) is 38.0 Å². The SMILES string of the molecule is CC(=O)c1cc(Br)ccc1NCc1nnc(C2CC2)o1. The molecule has 2 aromatic rings. The molecule has 104 valence electrons. The Kier molecular flexibility index (Phi) is 3.56. The first-order valence-corrected chi connectivity index (χ1v) is 7.29. The van der Waals surface area contributed by atoms with Gasteiger partial charge in [0.05, 0.1) is 6.54 Å². The Hall–Kier alpha value is -1.69. The molecule has 1 aromatic heterocycles. The van der Waals surface area contributed by atoms with E-state index in [4.69, 9.17) is 4.42 Å². The quantitative estimate of drug-likeness (QED) is 0.846. The van der Waals surface area contributed by atoms with Gasteiger partial charge >= 0.3 is 0 Å². The predicted octanol–water partition coefficient (Wildman–Crippen LogP) is 3.52. The summed E-state index contributed by atoms with van der Waals surface area (Å²) in [5, 5.41) is 11.2. The van der Waals surface area contributed by atoms with Crippen LogP contribution in [0.3, 0.4) is 0 Å². The summed E-state index contributed by atoms with van der Waals surface area (Å²) in [6.45, 7) is 1.96. The smallest absolute Gasteiger partial charge is 0.235 e. The topological polar surface area (TPSA) is 68.0 Å². The van der Waals surface area contributed by atoms with Crippen LogP contribution in [0.2, 0.25) is 0 Å². The molecule has 0 bridgehead atoms. The summed E-state index contributed by atoms with van der Waals surface area (Å²) >= 11 is 3.37. The highest BCUT2D eigenvalue weighted by atomic mass is 79.9. The molecule has 1 aromatic carbocycles. The molecule has 1 N–H and O–H groups in total. The number of nitrogens with zero attached hydrogens (tertiary/aromatic N) is 2. The van der Waals surface area contributed by atoms with Crippen LogP contribution in [-0.4, -0.2) is 16.0 Å². The molecule has 1 fully saturated rings. The lowest BCUT2D eigenvalue weighted by Crippen LogP contribution is -2.05. The number of carbonyl (C=O) groups excluding carboxylic acids is 1. The largest absolute Gasteiger partial charge is 0.423 e. The lowest BCUT2D eigenvalue weighted by atomic mass is 10.1. The fraction of sp³-hybridized carbons (Fsp3) is 0.357. The minimum Gasteiger partial charge on any atom is -0.423 e. The first-order valence-electron chi connectivity index (χ1n) is 6.50. The van der Waals surface area contributed by atoms with Crippen molar-refractivity contribution in [1.29, 1.82) is 0 Å². The van der Waals surface area contributed by atoms with Crippen LogP contribution in [0.25, 0.3) is 0 Å². The van der Waals surface area contributed by atoms with Gasteiger partial charge in [-0.15, -0.1) is 10.2 Å². The highest BCUT2D eigenvalue weighted by Crippen LogP contribution is 2.39. The van der Waals surface area contributed by atoms with Gasteiger partial charge in [-0.1, -0.05) is 15.9 Å². The predicted molar refractivity (Wildman–Crippen MR) is 77.7 cm³/mol. The third kappa shape index (κ3) is 2.90. The van der Waals surface area contributed by atoms with Crippen LogP contribution in [0.15, 0.2) is 27.1 Å². The van der Waals surface area contributed by atoms with E-state index in [2.05, 4.69) is 31.4 Å². The van der Waals surface area contributed by atoms with Crippen molar-refractivity contribution in [1.82, 2.24) is 10.2 Å². The van der Waals surface area contributed by atoms with Crippen molar-refractivity contribution < 1.29 is 9.21 Å². The zero-order valence-corrected chi connectivity index (χ0v) is 12.6. The molecule has 0 radical (unpaired) electrons. The fourth-order valence-electron chi connectivity index (χ4n) is 1.97. The van der Waals surface area contributed by atoms with Gasteiger partial charge in [0.1, 0.15) is 0 Å². The number of nitrogens with one attached hydrogen (secondary N) is 1. The molecule has 5 nitrogen and oxygen atoms in total. The molecule has 0 unspecified atom stereocenters. The van der Waals surface area contributed by atoms with Crippen molar-refractivity contribution in [2.45, 2.75) is 32.2 Å². The highest BCUT2D eigenvalue weighted by molar-refractivity contribution is 9.10. The van der Waals surface area contributed by atoms with E-state index in [9.17, 15) is 4.79 Å². The Bertz CT molecular complexity index is 650. The highest BCUT2D eigenvalue weighted by Gasteiger charge is 2.29. The number of carbonyl (C=O) groups is 1. The Balaban J connectivity index is 1.72.